The predicted molar refractivity (Wildman–Crippen MR) is 135 cm³/mol. The summed E-state index contributed by atoms with van der Waals surface area (Å²) in [6.45, 7) is 5.35. The molecular formula is C27H36N4O5. The van der Waals surface area contributed by atoms with E-state index in [9.17, 15) is 19.2 Å². The van der Waals surface area contributed by atoms with E-state index in [1.165, 1.54) is 0 Å². The van der Waals surface area contributed by atoms with Crippen molar-refractivity contribution in [2.24, 2.45) is 5.92 Å². The third-order valence-corrected chi connectivity index (χ3v) is 8.03. The normalized spacial score (nSPS) is 22.4. The summed E-state index contributed by atoms with van der Waals surface area (Å²) in [6, 6.07) is 5.35. The lowest BCUT2D eigenvalue weighted by Crippen LogP contribution is -2.57. The molecule has 3 amide bonds. The van der Waals surface area contributed by atoms with Gasteiger partial charge in [-0.25, -0.2) is 0 Å². The fraction of sp³-hybridized carbons (Fsp3) is 0.630. The zero-order valence-corrected chi connectivity index (χ0v) is 21.1. The number of hydrogen-bond donors (Lipinski definition) is 0. The van der Waals surface area contributed by atoms with Crippen LogP contribution in [0.4, 0.5) is 11.4 Å². The molecule has 0 aromatic heterocycles. The van der Waals surface area contributed by atoms with Crippen molar-refractivity contribution in [1.82, 2.24) is 9.80 Å². The summed E-state index contributed by atoms with van der Waals surface area (Å²) in [7, 11) is 0. The number of benzene rings is 1. The van der Waals surface area contributed by atoms with E-state index in [1.54, 1.807) is 22.8 Å². The molecule has 0 bridgehead atoms. The Morgan fingerprint density at radius 1 is 0.889 bits per heavy atom. The third-order valence-electron chi connectivity index (χ3n) is 8.03. The van der Waals surface area contributed by atoms with E-state index >= 15 is 0 Å². The van der Waals surface area contributed by atoms with Crippen LogP contribution in [0, 0.1) is 5.92 Å². The molecule has 0 spiro atoms. The van der Waals surface area contributed by atoms with Gasteiger partial charge < -0.3 is 19.4 Å². The first-order valence-corrected chi connectivity index (χ1v) is 13.4. The van der Waals surface area contributed by atoms with Gasteiger partial charge in [-0.15, -0.1) is 0 Å². The minimum atomic E-state index is -0.270. The van der Waals surface area contributed by atoms with Crippen molar-refractivity contribution in [2.45, 2.75) is 57.9 Å². The molecule has 3 saturated heterocycles. The highest BCUT2D eigenvalue weighted by atomic mass is 16.5. The molecule has 4 aliphatic rings. The maximum atomic E-state index is 13.6. The topological polar surface area (TPSA) is 90.5 Å². The van der Waals surface area contributed by atoms with Crippen LogP contribution in [0.15, 0.2) is 18.2 Å². The number of anilines is 2. The average molecular weight is 497 g/mol. The summed E-state index contributed by atoms with van der Waals surface area (Å²) >= 11 is 0. The highest BCUT2D eigenvalue weighted by Crippen LogP contribution is 2.40. The monoisotopic (exact) mass is 496 g/mol. The molecule has 1 unspecified atom stereocenters. The lowest BCUT2D eigenvalue weighted by molar-refractivity contribution is -0.151. The number of nitrogens with zero attached hydrogens (tertiary/aromatic N) is 4. The average Bonchev–Trinajstić information content (AvgIpc) is 3.45. The van der Waals surface area contributed by atoms with Crippen LogP contribution >= 0.6 is 0 Å². The summed E-state index contributed by atoms with van der Waals surface area (Å²) < 4.78 is 5.14. The van der Waals surface area contributed by atoms with E-state index in [4.69, 9.17) is 4.74 Å². The van der Waals surface area contributed by atoms with Gasteiger partial charge in [0.15, 0.2) is 0 Å². The van der Waals surface area contributed by atoms with E-state index in [0.29, 0.717) is 43.8 Å². The van der Waals surface area contributed by atoms with Gasteiger partial charge in [-0.2, -0.15) is 0 Å². The van der Waals surface area contributed by atoms with Crippen LogP contribution in [0.2, 0.25) is 0 Å². The molecule has 4 heterocycles. The van der Waals surface area contributed by atoms with E-state index in [0.717, 1.165) is 57.4 Å². The SMILES string of the molecule is CCOC(=O)C1CCN(C(=O)CN2C(=O)C3CCCCN3c3ccc(C(=O)N4CCCC4)cc32)CC1. The molecule has 1 aromatic carbocycles. The van der Waals surface area contributed by atoms with E-state index in [2.05, 4.69) is 4.90 Å². The number of carbonyl (C=O) groups excluding carboxylic acids is 4. The standard InChI is InChI=1S/C27H36N4O5/c1-2-36-27(35)19-10-15-28(16-11-19)24(32)18-31-23-17-20(25(33)29-12-5-6-13-29)8-9-21(23)30-14-4-3-7-22(30)26(31)34/h8-9,17,19,22H,2-7,10-16,18H2,1H3. The second kappa shape index (κ2) is 10.5. The summed E-state index contributed by atoms with van der Waals surface area (Å²) in [5.41, 5.74) is 2.13. The fourth-order valence-electron chi connectivity index (χ4n) is 6.02. The Bertz CT molecular complexity index is 1030. The van der Waals surface area contributed by atoms with E-state index in [1.807, 2.05) is 17.0 Å². The van der Waals surface area contributed by atoms with Gasteiger partial charge in [0.25, 0.3) is 5.91 Å². The van der Waals surface area contributed by atoms with Crippen LogP contribution in [0.25, 0.3) is 0 Å². The first-order valence-electron chi connectivity index (χ1n) is 13.4. The van der Waals surface area contributed by atoms with Crippen molar-refractivity contribution in [1.29, 1.82) is 0 Å². The minimum absolute atomic E-state index is 0.0177. The molecule has 4 aliphatic heterocycles. The minimum Gasteiger partial charge on any atom is -0.466 e. The van der Waals surface area contributed by atoms with E-state index in [-0.39, 0.29) is 42.2 Å². The zero-order chi connectivity index (χ0) is 25.2. The summed E-state index contributed by atoms with van der Waals surface area (Å²) in [5, 5.41) is 0. The molecule has 0 radical (unpaired) electrons. The van der Waals surface area contributed by atoms with Gasteiger partial charge in [0.05, 0.1) is 23.9 Å². The Labute approximate surface area is 212 Å². The molecule has 5 rings (SSSR count). The molecule has 9 nitrogen and oxygen atoms in total. The molecule has 1 atom stereocenters. The lowest BCUT2D eigenvalue weighted by Gasteiger charge is -2.45. The van der Waals surface area contributed by atoms with Crippen molar-refractivity contribution in [3.05, 3.63) is 23.8 Å². The van der Waals surface area contributed by atoms with Gasteiger partial charge >= 0.3 is 5.97 Å². The van der Waals surface area contributed by atoms with Crippen LogP contribution in [0.1, 0.15) is 62.2 Å². The number of rotatable bonds is 5. The zero-order valence-electron chi connectivity index (χ0n) is 21.1. The number of fused-ring (bicyclic) bond motifs is 3. The molecular weight excluding hydrogens is 460 g/mol. The van der Waals surface area contributed by atoms with Gasteiger partial charge in [-0.05, 0) is 70.1 Å². The molecule has 36 heavy (non-hydrogen) atoms. The smallest absolute Gasteiger partial charge is 0.309 e. The molecule has 1 aromatic rings. The van der Waals surface area contributed by atoms with Gasteiger partial charge in [0, 0.05) is 38.3 Å². The van der Waals surface area contributed by atoms with Crippen molar-refractivity contribution in [3.8, 4) is 0 Å². The number of carbonyl (C=O) groups is 4. The van der Waals surface area contributed by atoms with Crippen LogP contribution in [-0.2, 0) is 19.1 Å². The summed E-state index contributed by atoms with van der Waals surface area (Å²) in [4.78, 5) is 59.5. The Morgan fingerprint density at radius 3 is 2.33 bits per heavy atom. The largest absolute Gasteiger partial charge is 0.466 e. The van der Waals surface area contributed by atoms with Crippen molar-refractivity contribution < 1.29 is 23.9 Å². The predicted octanol–water partition coefficient (Wildman–Crippen LogP) is 2.43. The highest BCUT2D eigenvalue weighted by Gasteiger charge is 2.41. The van der Waals surface area contributed by atoms with Crippen LogP contribution in [0.5, 0.6) is 0 Å². The van der Waals surface area contributed by atoms with Gasteiger partial charge in [0.2, 0.25) is 11.8 Å². The van der Waals surface area contributed by atoms with Crippen LogP contribution in [-0.4, -0.2) is 85.4 Å². The quantitative estimate of drug-likeness (QED) is 0.582. The van der Waals surface area contributed by atoms with Gasteiger partial charge in [-0.3, -0.25) is 24.1 Å². The number of piperidine rings is 2. The van der Waals surface area contributed by atoms with Crippen molar-refractivity contribution in [2.75, 3.05) is 55.7 Å². The molecule has 0 aliphatic carbocycles. The number of amides is 3. The molecule has 3 fully saturated rings. The first-order chi connectivity index (χ1) is 17.5. The third kappa shape index (κ3) is 4.67. The maximum absolute atomic E-state index is 13.6. The molecule has 194 valence electrons. The Morgan fingerprint density at radius 2 is 1.61 bits per heavy atom. The second-order valence-electron chi connectivity index (χ2n) is 10.2. The summed E-state index contributed by atoms with van der Waals surface area (Å²) in [6.07, 6.45) is 5.93. The number of ether oxygens (including phenoxy) is 1. The number of likely N-dealkylation sites (tertiary alicyclic amines) is 2. The Kier molecular flexibility index (Phi) is 7.16. The second-order valence-corrected chi connectivity index (χ2v) is 10.2. The number of hydrogen-bond acceptors (Lipinski definition) is 6. The fourth-order valence-corrected chi connectivity index (χ4v) is 6.02. The van der Waals surface area contributed by atoms with Gasteiger partial charge in [-0.1, -0.05) is 0 Å². The molecule has 0 saturated carbocycles. The number of esters is 1. The lowest BCUT2D eigenvalue weighted by atomic mass is 9.95. The maximum Gasteiger partial charge on any atom is 0.309 e. The van der Waals surface area contributed by atoms with Gasteiger partial charge in [0.1, 0.15) is 12.6 Å². The van der Waals surface area contributed by atoms with E-state index < -0.39 is 0 Å². The van der Waals surface area contributed by atoms with Crippen LogP contribution < -0.4 is 9.80 Å². The Balaban J connectivity index is 1.36. The Hall–Kier alpha value is -3.10. The first kappa shape index (κ1) is 24.6. The highest BCUT2D eigenvalue weighted by molar-refractivity contribution is 6.10. The van der Waals surface area contributed by atoms with Crippen molar-refractivity contribution >= 4 is 35.1 Å². The molecule has 9 heteroatoms. The van der Waals surface area contributed by atoms with Crippen LogP contribution in [0.3, 0.4) is 0 Å². The van der Waals surface area contributed by atoms with Crippen molar-refractivity contribution in [3.63, 3.8) is 0 Å². The molecule has 0 N–H and O–H groups in total. The summed E-state index contributed by atoms with van der Waals surface area (Å²) in [5.74, 6) is -0.589.